The minimum atomic E-state index is -0.524. The molecule has 1 unspecified atom stereocenters. The number of benzene rings is 1. The van der Waals surface area contributed by atoms with Crippen molar-refractivity contribution in [1.29, 1.82) is 0 Å². The van der Waals surface area contributed by atoms with Crippen molar-refractivity contribution in [2.45, 2.75) is 52.0 Å². The molecule has 1 atom stereocenters. The first kappa shape index (κ1) is 16.2. The average Bonchev–Trinajstić information content (AvgIpc) is 2.46. The molecule has 0 aromatic heterocycles. The molecular weight excluding hydrogens is 272 g/mol. The highest BCUT2D eigenvalue weighted by atomic mass is 19.1. The maximum Gasteiger partial charge on any atom is 0.134 e. The Bertz CT molecular complexity index is 461. The summed E-state index contributed by atoms with van der Waals surface area (Å²) in [6, 6.07) is 2.25. The summed E-state index contributed by atoms with van der Waals surface area (Å²) in [6.45, 7) is 4.80. The van der Waals surface area contributed by atoms with Gasteiger partial charge in [0.25, 0.3) is 0 Å². The second kappa shape index (κ2) is 6.73. The fourth-order valence-electron chi connectivity index (χ4n) is 3.50. The van der Waals surface area contributed by atoms with Crippen molar-refractivity contribution in [2.75, 3.05) is 13.7 Å². The number of rotatable bonds is 5. The van der Waals surface area contributed by atoms with E-state index in [0.29, 0.717) is 6.54 Å². The van der Waals surface area contributed by atoms with Crippen LogP contribution < -0.4 is 10.1 Å². The molecule has 0 radical (unpaired) electrons. The van der Waals surface area contributed by atoms with Gasteiger partial charge in [-0.2, -0.15) is 0 Å². The molecule has 0 saturated heterocycles. The number of ether oxygens (including phenoxy) is 1. The van der Waals surface area contributed by atoms with Gasteiger partial charge in [0.1, 0.15) is 17.4 Å². The zero-order valence-electron chi connectivity index (χ0n) is 13.1. The van der Waals surface area contributed by atoms with Gasteiger partial charge in [0, 0.05) is 23.7 Å². The number of hydrogen-bond donors (Lipinski definition) is 1. The van der Waals surface area contributed by atoms with Gasteiger partial charge in [-0.25, -0.2) is 8.78 Å². The largest absolute Gasteiger partial charge is 0.497 e. The van der Waals surface area contributed by atoms with Crippen LogP contribution in [-0.2, 0) is 0 Å². The number of halogens is 2. The summed E-state index contributed by atoms with van der Waals surface area (Å²) in [6.07, 6.45) is 5.45. The fraction of sp³-hybridized carbons (Fsp3) is 0.647. The molecule has 4 heteroatoms. The molecule has 1 aliphatic carbocycles. The second-order valence-electron chi connectivity index (χ2n) is 6.21. The zero-order chi connectivity index (χ0) is 15.5. The molecule has 0 aliphatic heterocycles. The highest BCUT2D eigenvalue weighted by Gasteiger charge is 2.38. The predicted octanol–water partition coefficient (Wildman–Crippen LogP) is 4.59. The summed E-state index contributed by atoms with van der Waals surface area (Å²) in [4.78, 5) is 0. The van der Waals surface area contributed by atoms with Crippen LogP contribution in [0.4, 0.5) is 8.78 Å². The molecule has 0 bridgehead atoms. The van der Waals surface area contributed by atoms with Crippen molar-refractivity contribution < 1.29 is 13.5 Å². The minimum absolute atomic E-state index is 0.107. The van der Waals surface area contributed by atoms with Gasteiger partial charge < -0.3 is 10.1 Å². The minimum Gasteiger partial charge on any atom is -0.497 e. The van der Waals surface area contributed by atoms with Crippen LogP contribution in [0.5, 0.6) is 5.75 Å². The number of nitrogens with one attached hydrogen (secondary N) is 1. The topological polar surface area (TPSA) is 21.3 Å². The van der Waals surface area contributed by atoms with Gasteiger partial charge in [-0.15, -0.1) is 0 Å². The molecule has 1 N–H and O–H groups in total. The van der Waals surface area contributed by atoms with Crippen molar-refractivity contribution in [2.24, 2.45) is 5.41 Å². The number of methoxy groups -OCH3 is 1. The summed E-state index contributed by atoms with van der Waals surface area (Å²) in [5, 5.41) is 3.31. The Labute approximate surface area is 125 Å². The lowest BCUT2D eigenvalue weighted by molar-refractivity contribution is 0.140. The van der Waals surface area contributed by atoms with Crippen LogP contribution in [0.15, 0.2) is 12.1 Å². The summed E-state index contributed by atoms with van der Waals surface area (Å²) >= 11 is 0. The van der Waals surface area contributed by atoms with E-state index in [2.05, 4.69) is 12.2 Å². The van der Waals surface area contributed by atoms with Crippen molar-refractivity contribution in [3.63, 3.8) is 0 Å². The van der Waals surface area contributed by atoms with Crippen molar-refractivity contribution in [1.82, 2.24) is 5.32 Å². The molecular formula is C17H25F2NO. The summed E-state index contributed by atoms with van der Waals surface area (Å²) in [7, 11) is 1.41. The van der Waals surface area contributed by atoms with Gasteiger partial charge in [-0.1, -0.05) is 33.1 Å². The molecule has 0 spiro atoms. The second-order valence-corrected chi connectivity index (χ2v) is 6.21. The Balaban J connectivity index is 2.42. The fourth-order valence-corrected chi connectivity index (χ4v) is 3.50. The van der Waals surface area contributed by atoms with Gasteiger partial charge >= 0.3 is 0 Å². The first-order chi connectivity index (χ1) is 10.0. The quantitative estimate of drug-likeness (QED) is 0.858. The van der Waals surface area contributed by atoms with Crippen LogP contribution in [0.3, 0.4) is 0 Å². The molecule has 118 valence electrons. The first-order valence-corrected chi connectivity index (χ1v) is 7.78. The highest BCUT2D eigenvalue weighted by molar-refractivity contribution is 5.33. The molecule has 0 heterocycles. The van der Waals surface area contributed by atoms with E-state index in [9.17, 15) is 8.78 Å². The third-order valence-corrected chi connectivity index (χ3v) is 4.68. The summed E-state index contributed by atoms with van der Waals surface area (Å²) < 4.78 is 33.8. The monoisotopic (exact) mass is 297 g/mol. The van der Waals surface area contributed by atoms with Crippen LogP contribution in [-0.4, -0.2) is 13.7 Å². The average molecular weight is 297 g/mol. The van der Waals surface area contributed by atoms with Crippen molar-refractivity contribution in [3.05, 3.63) is 29.3 Å². The van der Waals surface area contributed by atoms with E-state index >= 15 is 0 Å². The maximum absolute atomic E-state index is 14.4. The summed E-state index contributed by atoms with van der Waals surface area (Å²) in [5.74, 6) is -0.827. The predicted molar refractivity (Wildman–Crippen MR) is 80.5 cm³/mol. The molecule has 1 saturated carbocycles. The van der Waals surface area contributed by atoms with E-state index < -0.39 is 11.6 Å². The first-order valence-electron chi connectivity index (χ1n) is 7.78. The highest BCUT2D eigenvalue weighted by Crippen LogP contribution is 2.47. The standard InChI is InChI=1S/C17H25F2NO/c1-4-20-16(17(2)8-6-5-7-9-17)15-13(18)10-12(21-3)11-14(15)19/h10-11,16,20H,4-9H2,1-3H3. The van der Waals surface area contributed by atoms with Gasteiger partial charge in [0.2, 0.25) is 0 Å². The van der Waals surface area contributed by atoms with Gasteiger partial charge in [0.05, 0.1) is 7.11 Å². The van der Waals surface area contributed by atoms with Gasteiger partial charge in [-0.3, -0.25) is 0 Å². The van der Waals surface area contributed by atoms with E-state index in [0.717, 1.165) is 25.7 Å². The van der Waals surface area contributed by atoms with Gasteiger partial charge in [-0.05, 0) is 24.8 Å². The Kier molecular flexibility index (Phi) is 5.20. The van der Waals surface area contributed by atoms with Crippen LogP contribution in [0.2, 0.25) is 0 Å². The molecule has 2 rings (SSSR count). The van der Waals surface area contributed by atoms with Crippen molar-refractivity contribution >= 4 is 0 Å². The smallest absolute Gasteiger partial charge is 0.134 e. The van der Waals surface area contributed by atoms with E-state index in [1.165, 1.54) is 25.7 Å². The van der Waals surface area contributed by atoms with Gasteiger partial charge in [0.15, 0.2) is 0 Å². The van der Waals surface area contributed by atoms with E-state index in [-0.39, 0.29) is 22.8 Å². The molecule has 2 nitrogen and oxygen atoms in total. The molecule has 1 fully saturated rings. The Hall–Kier alpha value is -1.16. The summed E-state index contributed by atoms with van der Waals surface area (Å²) in [5.41, 5.74) is 0.0481. The molecule has 1 aromatic carbocycles. The van der Waals surface area contributed by atoms with Crippen LogP contribution in [0.25, 0.3) is 0 Å². The number of hydrogen-bond acceptors (Lipinski definition) is 2. The third-order valence-electron chi connectivity index (χ3n) is 4.68. The van der Waals surface area contributed by atoms with Crippen molar-refractivity contribution in [3.8, 4) is 5.75 Å². The molecule has 1 aliphatic rings. The Morgan fingerprint density at radius 2 is 1.76 bits per heavy atom. The zero-order valence-corrected chi connectivity index (χ0v) is 13.1. The lowest BCUT2D eigenvalue weighted by atomic mass is 9.68. The third kappa shape index (κ3) is 3.37. The Morgan fingerprint density at radius 1 is 1.19 bits per heavy atom. The molecule has 0 amide bonds. The van der Waals surface area contributed by atoms with E-state index in [1.54, 1.807) is 0 Å². The van der Waals surface area contributed by atoms with E-state index in [1.807, 2.05) is 6.92 Å². The molecule has 21 heavy (non-hydrogen) atoms. The normalized spacial score (nSPS) is 19.3. The lowest BCUT2D eigenvalue weighted by Gasteiger charge is -2.41. The SMILES string of the molecule is CCNC(c1c(F)cc(OC)cc1F)C1(C)CCCCC1. The Morgan fingerprint density at radius 3 is 2.24 bits per heavy atom. The maximum atomic E-state index is 14.4. The molecule has 1 aromatic rings. The van der Waals surface area contributed by atoms with Crippen LogP contribution in [0, 0.1) is 17.0 Å². The lowest BCUT2D eigenvalue weighted by Crippen LogP contribution is -2.38. The van der Waals surface area contributed by atoms with Crippen LogP contribution >= 0.6 is 0 Å². The van der Waals surface area contributed by atoms with Crippen LogP contribution in [0.1, 0.15) is 57.6 Å². The van der Waals surface area contributed by atoms with E-state index in [4.69, 9.17) is 4.74 Å².